The van der Waals surface area contributed by atoms with Crippen molar-refractivity contribution in [1.82, 2.24) is 9.88 Å². The molecule has 2 aromatic rings. The molecule has 2 heteroatoms. The molecule has 1 aliphatic carbocycles. The Morgan fingerprint density at radius 1 is 1.21 bits per heavy atom. The van der Waals surface area contributed by atoms with Gasteiger partial charge in [-0.25, -0.2) is 0 Å². The minimum absolute atomic E-state index is 0.773. The summed E-state index contributed by atoms with van der Waals surface area (Å²) in [5.74, 6) is 0. The first-order valence-corrected chi connectivity index (χ1v) is 7.53. The lowest BCUT2D eigenvalue weighted by Crippen LogP contribution is -2.28. The summed E-state index contributed by atoms with van der Waals surface area (Å²) in [5, 5.41) is 5.15. The predicted octanol–water partition coefficient (Wildman–Crippen LogP) is 3.56. The van der Waals surface area contributed by atoms with Gasteiger partial charge in [-0.3, -0.25) is 0 Å². The number of aryl methyl sites for hydroxylation is 1. The molecule has 1 N–H and O–H groups in total. The molecule has 0 bridgehead atoms. The number of hydrogen-bond acceptors (Lipinski definition) is 1. The molecular formula is C17H24N2. The Morgan fingerprint density at radius 2 is 1.95 bits per heavy atom. The van der Waals surface area contributed by atoms with Crippen LogP contribution in [0.4, 0.5) is 0 Å². The highest BCUT2D eigenvalue weighted by atomic mass is 15.0. The van der Waals surface area contributed by atoms with Gasteiger partial charge in [0.05, 0.1) is 0 Å². The van der Waals surface area contributed by atoms with Gasteiger partial charge in [0.25, 0.3) is 0 Å². The van der Waals surface area contributed by atoms with Crippen LogP contribution >= 0.6 is 0 Å². The second-order valence-electron chi connectivity index (χ2n) is 5.83. The van der Waals surface area contributed by atoms with Crippen LogP contribution in [-0.2, 0) is 13.5 Å². The van der Waals surface area contributed by atoms with Crippen LogP contribution in [0.3, 0.4) is 0 Å². The van der Waals surface area contributed by atoms with Gasteiger partial charge in [0.2, 0.25) is 0 Å². The molecule has 0 unspecified atom stereocenters. The number of para-hydroxylation sites is 1. The fourth-order valence-electron chi connectivity index (χ4n) is 3.45. The molecule has 102 valence electrons. The quantitative estimate of drug-likeness (QED) is 0.885. The van der Waals surface area contributed by atoms with Crippen LogP contribution in [0.25, 0.3) is 10.9 Å². The molecular weight excluding hydrogens is 232 g/mol. The van der Waals surface area contributed by atoms with E-state index < -0.39 is 0 Å². The maximum Gasteiger partial charge on any atom is 0.0482 e. The first-order valence-electron chi connectivity index (χ1n) is 7.53. The largest absolute Gasteiger partial charge is 0.348 e. The Morgan fingerprint density at radius 3 is 2.74 bits per heavy atom. The van der Waals surface area contributed by atoms with E-state index >= 15 is 0 Å². The van der Waals surface area contributed by atoms with Crippen molar-refractivity contribution in [1.29, 1.82) is 0 Å². The molecule has 3 rings (SSSR count). The predicted molar refractivity (Wildman–Crippen MR) is 81.6 cm³/mol. The third-order valence-corrected chi connectivity index (χ3v) is 4.69. The van der Waals surface area contributed by atoms with E-state index in [9.17, 15) is 0 Å². The molecule has 1 aliphatic rings. The van der Waals surface area contributed by atoms with Gasteiger partial charge in [-0.1, -0.05) is 31.0 Å². The van der Waals surface area contributed by atoms with E-state index in [1.54, 1.807) is 0 Å². The van der Waals surface area contributed by atoms with Gasteiger partial charge in [-0.05, 0) is 44.4 Å². The molecule has 1 heterocycles. The Hall–Kier alpha value is -1.28. The summed E-state index contributed by atoms with van der Waals surface area (Å²) in [6.07, 6.45) is 6.70. The standard InChI is InChI=1S/C17H24N2/c1-13-15(11-12-18-14-7-3-4-8-14)16-9-5-6-10-17(16)19(13)2/h5-6,9-10,14,18H,3-4,7-8,11-12H2,1-2H3. The van der Waals surface area contributed by atoms with Crippen LogP contribution in [-0.4, -0.2) is 17.2 Å². The zero-order chi connectivity index (χ0) is 13.2. The third-order valence-electron chi connectivity index (χ3n) is 4.69. The number of rotatable bonds is 4. The van der Waals surface area contributed by atoms with Gasteiger partial charge in [0, 0.05) is 29.7 Å². The molecule has 0 spiro atoms. The van der Waals surface area contributed by atoms with E-state index in [4.69, 9.17) is 0 Å². The third kappa shape index (κ3) is 2.42. The second kappa shape index (κ2) is 5.38. The highest BCUT2D eigenvalue weighted by Crippen LogP contribution is 2.25. The van der Waals surface area contributed by atoms with Crippen molar-refractivity contribution in [3.8, 4) is 0 Å². The van der Waals surface area contributed by atoms with E-state index in [0.29, 0.717) is 0 Å². The van der Waals surface area contributed by atoms with Crippen LogP contribution in [0.5, 0.6) is 0 Å². The highest BCUT2D eigenvalue weighted by Gasteiger charge is 2.15. The van der Waals surface area contributed by atoms with Crippen LogP contribution < -0.4 is 5.32 Å². The van der Waals surface area contributed by atoms with E-state index in [2.05, 4.69) is 48.1 Å². The van der Waals surface area contributed by atoms with E-state index in [1.807, 2.05) is 0 Å². The van der Waals surface area contributed by atoms with Crippen LogP contribution in [0, 0.1) is 6.92 Å². The molecule has 0 amide bonds. The summed E-state index contributed by atoms with van der Waals surface area (Å²) in [5.41, 5.74) is 4.29. The summed E-state index contributed by atoms with van der Waals surface area (Å²) in [6.45, 7) is 3.35. The molecule has 19 heavy (non-hydrogen) atoms. The smallest absolute Gasteiger partial charge is 0.0482 e. The minimum Gasteiger partial charge on any atom is -0.348 e. The Balaban J connectivity index is 1.74. The van der Waals surface area contributed by atoms with Crippen LogP contribution in [0.15, 0.2) is 24.3 Å². The fourth-order valence-corrected chi connectivity index (χ4v) is 3.45. The first-order chi connectivity index (χ1) is 9.27. The summed E-state index contributed by atoms with van der Waals surface area (Å²) in [7, 11) is 2.17. The van der Waals surface area contributed by atoms with Crippen molar-refractivity contribution in [2.75, 3.05) is 6.54 Å². The fraction of sp³-hybridized carbons (Fsp3) is 0.529. The lowest BCUT2D eigenvalue weighted by molar-refractivity contribution is 0.527. The molecule has 0 radical (unpaired) electrons. The maximum atomic E-state index is 3.72. The minimum atomic E-state index is 0.773. The number of nitrogens with zero attached hydrogens (tertiary/aromatic N) is 1. The topological polar surface area (TPSA) is 17.0 Å². The van der Waals surface area contributed by atoms with E-state index in [0.717, 1.165) is 19.0 Å². The molecule has 1 fully saturated rings. The Kier molecular flexibility index (Phi) is 3.61. The number of hydrogen-bond donors (Lipinski definition) is 1. The van der Waals surface area contributed by atoms with Crippen molar-refractivity contribution in [2.24, 2.45) is 7.05 Å². The lowest BCUT2D eigenvalue weighted by atomic mass is 10.1. The van der Waals surface area contributed by atoms with Gasteiger partial charge >= 0.3 is 0 Å². The Labute approximate surface area is 115 Å². The van der Waals surface area contributed by atoms with E-state index in [1.165, 1.54) is 47.8 Å². The number of nitrogens with one attached hydrogen (secondary N) is 1. The van der Waals surface area contributed by atoms with Crippen LogP contribution in [0.2, 0.25) is 0 Å². The van der Waals surface area contributed by atoms with Gasteiger partial charge < -0.3 is 9.88 Å². The van der Waals surface area contributed by atoms with Crippen molar-refractivity contribution < 1.29 is 0 Å². The van der Waals surface area contributed by atoms with Crippen molar-refractivity contribution in [3.05, 3.63) is 35.5 Å². The lowest BCUT2D eigenvalue weighted by Gasteiger charge is -2.11. The summed E-state index contributed by atoms with van der Waals surface area (Å²) in [6, 6.07) is 9.52. The first kappa shape index (κ1) is 12.7. The number of fused-ring (bicyclic) bond motifs is 1. The normalized spacial score (nSPS) is 16.5. The summed E-state index contributed by atoms with van der Waals surface area (Å²) in [4.78, 5) is 0. The molecule has 1 aromatic heterocycles. The second-order valence-corrected chi connectivity index (χ2v) is 5.83. The monoisotopic (exact) mass is 256 g/mol. The van der Waals surface area contributed by atoms with Gasteiger partial charge in [0.15, 0.2) is 0 Å². The van der Waals surface area contributed by atoms with Crippen molar-refractivity contribution >= 4 is 10.9 Å². The van der Waals surface area contributed by atoms with Gasteiger partial charge in [-0.2, -0.15) is 0 Å². The highest BCUT2D eigenvalue weighted by molar-refractivity contribution is 5.85. The molecule has 1 aromatic carbocycles. The molecule has 0 aliphatic heterocycles. The molecule has 2 nitrogen and oxygen atoms in total. The average molecular weight is 256 g/mol. The molecule has 0 atom stereocenters. The number of benzene rings is 1. The van der Waals surface area contributed by atoms with Crippen molar-refractivity contribution in [2.45, 2.75) is 45.1 Å². The van der Waals surface area contributed by atoms with Crippen LogP contribution in [0.1, 0.15) is 36.9 Å². The zero-order valence-corrected chi connectivity index (χ0v) is 12.1. The van der Waals surface area contributed by atoms with E-state index in [-0.39, 0.29) is 0 Å². The zero-order valence-electron chi connectivity index (χ0n) is 12.1. The van der Waals surface area contributed by atoms with Crippen molar-refractivity contribution in [3.63, 3.8) is 0 Å². The SMILES string of the molecule is Cc1c(CCNC2CCCC2)c2ccccc2n1C. The maximum absolute atomic E-state index is 3.72. The summed E-state index contributed by atoms with van der Waals surface area (Å²) >= 11 is 0. The molecule has 0 saturated heterocycles. The van der Waals surface area contributed by atoms with Gasteiger partial charge in [0.1, 0.15) is 0 Å². The molecule has 1 saturated carbocycles. The summed E-state index contributed by atoms with van der Waals surface area (Å²) < 4.78 is 2.32. The average Bonchev–Trinajstić information content (AvgIpc) is 3.02. The van der Waals surface area contributed by atoms with Gasteiger partial charge in [-0.15, -0.1) is 0 Å². The Bertz CT molecular complexity index is 562. The number of aromatic nitrogens is 1.